The van der Waals surface area contributed by atoms with Gasteiger partial charge in [-0.1, -0.05) is 23.7 Å². The Morgan fingerprint density at radius 2 is 1.55 bits per heavy atom. The minimum atomic E-state index is -2.39. The molecule has 33 heavy (non-hydrogen) atoms. The van der Waals surface area contributed by atoms with E-state index in [9.17, 15) is 31.1 Å². The van der Waals surface area contributed by atoms with Crippen LogP contribution in [0.2, 0.25) is 5.15 Å². The highest BCUT2D eigenvalue weighted by Crippen LogP contribution is 2.52. The highest BCUT2D eigenvalue weighted by molar-refractivity contribution is 6.29. The van der Waals surface area contributed by atoms with Crippen molar-refractivity contribution >= 4 is 17.6 Å². The van der Waals surface area contributed by atoms with Crippen LogP contribution in [-0.4, -0.2) is 11.0 Å². The van der Waals surface area contributed by atoms with Gasteiger partial charge in [0.05, 0.1) is 5.41 Å². The van der Waals surface area contributed by atoms with E-state index in [1.165, 1.54) is 38.1 Å². The van der Waals surface area contributed by atoms with Gasteiger partial charge in [0, 0.05) is 17.0 Å². The summed E-state index contributed by atoms with van der Waals surface area (Å²) in [6.45, 7) is 2.59. The number of rotatable bonds is 3. The van der Waals surface area contributed by atoms with E-state index >= 15 is 0 Å². The number of esters is 1. The van der Waals surface area contributed by atoms with Gasteiger partial charge in [0.2, 0.25) is 40.7 Å². The molecule has 0 spiro atoms. The molecule has 0 amide bonds. The number of para-hydroxylation sites is 1. The molecule has 0 saturated carbocycles. The number of hydrogen-bond acceptors (Lipinski definition) is 4. The van der Waals surface area contributed by atoms with Crippen molar-refractivity contribution in [2.45, 2.75) is 19.8 Å². The highest BCUT2D eigenvalue weighted by Gasteiger charge is 2.46. The lowest BCUT2D eigenvalue weighted by Gasteiger charge is -2.37. The summed E-state index contributed by atoms with van der Waals surface area (Å²) in [5, 5.41) is 0.00840. The molecule has 11 heteroatoms. The first-order valence-electron chi connectivity index (χ1n) is 9.31. The first-order valence-corrected chi connectivity index (χ1v) is 9.69. The molecule has 3 aromatic rings. The Kier molecular flexibility index (Phi) is 5.52. The molecular weight excluding hydrogens is 476 g/mol. The van der Waals surface area contributed by atoms with Crippen LogP contribution in [0.15, 0.2) is 30.3 Å². The molecule has 0 aliphatic carbocycles. The monoisotopic (exact) mass is 487 g/mol. The second kappa shape index (κ2) is 7.95. The molecule has 4 nitrogen and oxygen atoms in total. The summed E-state index contributed by atoms with van der Waals surface area (Å²) in [4.78, 5) is 17.0. The van der Waals surface area contributed by atoms with Crippen LogP contribution in [0.25, 0.3) is 0 Å². The lowest BCUT2D eigenvalue weighted by Crippen LogP contribution is -2.37. The Hall–Kier alpha value is -3.27. The van der Waals surface area contributed by atoms with Crippen molar-refractivity contribution in [3.8, 4) is 17.4 Å². The lowest BCUT2D eigenvalue weighted by molar-refractivity contribution is -0.145. The van der Waals surface area contributed by atoms with Gasteiger partial charge >= 0.3 is 5.97 Å². The van der Waals surface area contributed by atoms with Gasteiger partial charge in [0.15, 0.2) is 11.6 Å². The smallest absolute Gasteiger partial charge is 0.318 e. The zero-order valence-corrected chi connectivity index (χ0v) is 17.5. The second-order valence-electron chi connectivity index (χ2n) is 7.73. The van der Waals surface area contributed by atoms with Crippen molar-refractivity contribution in [1.82, 2.24) is 4.98 Å². The quantitative estimate of drug-likeness (QED) is 0.107. The average Bonchev–Trinajstić information content (AvgIpc) is 2.77. The van der Waals surface area contributed by atoms with Gasteiger partial charge in [-0.25, -0.2) is 22.5 Å². The molecule has 1 aliphatic heterocycles. The van der Waals surface area contributed by atoms with Gasteiger partial charge in [-0.2, -0.15) is 8.78 Å². The Balaban J connectivity index is 1.83. The number of pyridine rings is 1. The SMILES string of the molecule is CC(C)(C(=O)Oc1c(F)c(F)c(F)c(F)c1F)C1c2ccc(Cl)nc2Oc2c(F)cccc21. The van der Waals surface area contributed by atoms with Crippen LogP contribution in [0.1, 0.15) is 30.9 Å². The van der Waals surface area contributed by atoms with Crippen molar-refractivity contribution in [2.24, 2.45) is 5.41 Å². The van der Waals surface area contributed by atoms with Crippen LogP contribution >= 0.6 is 11.6 Å². The van der Waals surface area contributed by atoms with E-state index in [1.807, 2.05) is 0 Å². The first kappa shape index (κ1) is 22.9. The number of benzene rings is 2. The minimum Gasteiger partial charge on any atom is -0.435 e. The van der Waals surface area contributed by atoms with E-state index < -0.39 is 58.0 Å². The molecule has 0 saturated heterocycles. The maximum absolute atomic E-state index is 14.5. The summed E-state index contributed by atoms with van der Waals surface area (Å²) in [6.07, 6.45) is 0. The fourth-order valence-corrected chi connectivity index (χ4v) is 3.79. The molecule has 1 atom stereocenters. The number of fused-ring (bicyclic) bond motifs is 2. The van der Waals surface area contributed by atoms with Gasteiger partial charge in [-0.15, -0.1) is 0 Å². The fourth-order valence-electron chi connectivity index (χ4n) is 3.65. The zero-order valence-electron chi connectivity index (χ0n) is 16.8. The van der Waals surface area contributed by atoms with Crippen molar-refractivity contribution in [1.29, 1.82) is 0 Å². The van der Waals surface area contributed by atoms with Crippen LogP contribution in [0.4, 0.5) is 26.3 Å². The average molecular weight is 488 g/mol. The van der Waals surface area contributed by atoms with Crippen molar-refractivity contribution < 1.29 is 40.6 Å². The number of hydrogen-bond donors (Lipinski definition) is 0. The third kappa shape index (κ3) is 3.58. The van der Waals surface area contributed by atoms with E-state index in [-0.39, 0.29) is 27.9 Å². The second-order valence-corrected chi connectivity index (χ2v) is 8.12. The maximum Gasteiger partial charge on any atom is 0.318 e. The molecule has 172 valence electrons. The van der Waals surface area contributed by atoms with Crippen molar-refractivity contribution in [3.05, 3.63) is 81.5 Å². The molecular formula is C22H12ClF6NO3. The number of nitrogens with zero attached hydrogens (tertiary/aromatic N) is 1. The van der Waals surface area contributed by atoms with E-state index in [1.54, 1.807) is 0 Å². The predicted molar refractivity (Wildman–Crippen MR) is 103 cm³/mol. The summed E-state index contributed by atoms with van der Waals surface area (Å²) >= 11 is 5.89. The zero-order chi connectivity index (χ0) is 24.2. The molecule has 1 aromatic heterocycles. The Morgan fingerprint density at radius 3 is 2.18 bits per heavy atom. The predicted octanol–water partition coefficient (Wildman–Crippen LogP) is 6.44. The van der Waals surface area contributed by atoms with Crippen LogP contribution in [0.5, 0.6) is 17.4 Å². The van der Waals surface area contributed by atoms with Gasteiger partial charge < -0.3 is 9.47 Å². The molecule has 0 bridgehead atoms. The van der Waals surface area contributed by atoms with Gasteiger partial charge in [0.1, 0.15) is 5.15 Å². The summed E-state index contributed by atoms with van der Waals surface area (Å²) in [6, 6.07) is 6.74. The molecule has 2 heterocycles. The number of carbonyl (C=O) groups is 1. The molecule has 0 radical (unpaired) electrons. The molecule has 0 N–H and O–H groups in total. The third-order valence-electron chi connectivity index (χ3n) is 5.29. The number of ether oxygens (including phenoxy) is 2. The Bertz CT molecular complexity index is 1280. The standard InChI is InChI=1S/C22H12ClF6NO3/c1-22(2,21(31)33-19-16(28)14(26)13(25)15(27)17(19)29)12-8-4-3-5-10(24)18(8)32-20-9(12)6-7-11(23)30-20/h3-7,12H,1-2H3. The lowest BCUT2D eigenvalue weighted by atomic mass is 9.70. The number of carbonyl (C=O) groups excluding carboxylic acids is 1. The molecule has 1 unspecified atom stereocenters. The fraction of sp³-hybridized carbons (Fsp3) is 0.182. The third-order valence-corrected chi connectivity index (χ3v) is 5.50. The molecule has 2 aromatic carbocycles. The topological polar surface area (TPSA) is 48.4 Å². The first-order chi connectivity index (χ1) is 15.4. The van der Waals surface area contributed by atoms with E-state index in [2.05, 4.69) is 9.72 Å². The highest BCUT2D eigenvalue weighted by atomic mass is 35.5. The molecule has 1 aliphatic rings. The number of halogens is 7. The van der Waals surface area contributed by atoms with Crippen LogP contribution in [0.3, 0.4) is 0 Å². The van der Waals surface area contributed by atoms with Crippen molar-refractivity contribution in [3.63, 3.8) is 0 Å². The van der Waals surface area contributed by atoms with Gasteiger partial charge in [0.25, 0.3) is 0 Å². The van der Waals surface area contributed by atoms with Gasteiger partial charge in [-0.3, -0.25) is 4.79 Å². The summed E-state index contributed by atoms with van der Waals surface area (Å²) < 4.78 is 93.3. The van der Waals surface area contributed by atoms with E-state index in [4.69, 9.17) is 16.3 Å². The normalized spacial score (nSPS) is 14.9. The largest absolute Gasteiger partial charge is 0.435 e. The maximum atomic E-state index is 14.5. The van der Waals surface area contributed by atoms with Crippen LogP contribution in [-0.2, 0) is 4.79 Å². The summed E-state index contributed by atoms with van der Waals surface area (Å²) in [7, 11) is 0. The number of aromatic nitrogens is 1. The van der Waals surface area contributed by atoms with Gasteiger partial charge in [-0.05, 0) is 32.0 Å². The van der Waals surface area contributed by atoms with Crippen molar-refractivity contribution in [2.75, 3.05) is 0 Å². The van der Waals surface area contributed by atoms with E-state index in [0.717, 1.165) is 6.07 Å². The Labute approximate surface area is 187 Å². The summed E-state index contributed by atoms with van der Waals surface area (Å²) in [5.41, 5.74) is -1.31. The summed E-state index contributed by atoms with van der Waals surface area (Å²) in [5.74, 6) is -16.8. The molecule has 4 rings (SSSR count). The molecule has 0 fully saturated rings. The van der Waals surface area contributed by atoms with Crippen LogP contribution in [0, 0.1) is 40.3 Å². The van der Waals surface area contributed by atoms with E-state index in [0.29, 0.717) is 0 Å². The minimum absolute atomic E-state index is 0.00840. The Morgan fingerprint density at radius 1 is 0.939 bits per heavy atom. The van der Waals surface area contributed by atoms with Crippen LogP contribution < -0.4 is 9.47 Å².